The average Bonchev–Trinajstić information content (AvgIpc) is 2.74. The van der Waals surface area contributed by atoms with Gasteiger partial charge in [0.1, 0.15) is 4.70 Å². The summed E-state index contributed by atoms with van der Waals surface area (Å²) in [4.78, 5) is 34.1. The number of aryl methyl sites for hydroxylation is 1. The number of thiophene rings is 1. The Morgan fingerprint density at radius 2 is 2.18 bits per heavy atom. The van der Waals surface area contributed by atoms with Crippen molar-refractivity contribution in [3.05, 3.63) is 32.3 Å². The quantitative estimate of drug-likeness (QED) is 0.850. The largest absolute Gasteiger partial charge is 0.481 e. The van der Waals surface area contributed by atoms with Crippen molar-refractivity contribution in [2.24, 2.45) is 7.05 Å². The number of rotatable bonds is 3. The Labute approximate surface area is 99.4 Å². The summed E-state index contributed by atoms with van der Waals surface area (Å²) in [6.07, 6.45) is -0.150. The molecule has 0 aliphatic carbocycles. The van der Waals surface area contributed by atoms with Crippen molar-refractivity contribution in [3.8, 4) is 0 Å². The van der Waals surface area contributed by atoms with Crippen LogP contribution in [0.15, 0.2) is 21.0 Å². The van der Waals surface area contributed by atoms with Crippen LogP contribution in [-0.4, -0.2) is 20.2 Å². The summed E-state index contributed by atoms with van der Waals surface area (Å²) in [5.41, 5.74) is -0.321. The van der Waals surface area contributed by atoms with Gasteiger partial charge in [-0.25, -0.2) is 4.79 Å². The molecular formula is C10H10N2O4S. The van der Waals surface area contributed by atoms with Crippen LogP contribution in [0.1, 0.15) is 6.42 Å². The lowest BCUT2D eigenvalue weighted by Crippen LogP contribution is -2.37. The zero-order valence-electron chi connectivity index (χ0n) is 9.04. The van der Waals surface area contributed by atoms with E-state index in [1.54, 1.807) is 11.4 Å². The fraction of sp³-hybridized carbons (Fsp3) is 0.300. The molecule has 2 heterocycles. The maximum atomic E-state index is 11.9. The van der Waals surface area contributed by atoms with E-state index >= 15 is 0 Å². The molecule has 17 heavy (non-hydrogen) atoms. The Morgan fingerprint density at radius 1 is 1.47 bits per heavy atom. The Morgan fingerprint density at radius 3 is 2.82 bits per heavy atom. The lowest BCUT2D eigenvalue weighted by Gasteiger charge is -2.07. The van der Waals surface area contributed by atoms with Gasteiger partial charge in [-0.3, -0.25) is 18.7 Å². The molecule has 0 saturated carbocycles. The third-order valence-electron chi connectivity index (χ3n) is 2.50. The van der Waals surface area contributed by atoms with Gasteiger partial charge in [0.25, 0.3) is 5.56 Å². The van der Waals surface area contributed by atoms with Crippen LogP contribution in [0.5, 0.6) is 0 Å². The highest BCUT2D eigenvalue weighted by molar-refractivity contribution is 7.17. The van der Waals surface area contributed by atoms with Gasteiger partial charge >= 0.3 is 11.7 Å². The number of fused-ring (bicyclic) bond motifs is 1. The maximum Gasteiger partial charge on any atom is 0.331 e. The van der Waals surface area contributed by atoms with Crippen LogP contribution in [0.25, 0.3) is 10.2 Å². The first-order chi connectivity index (χ1) is 8.02. The van der Waals surface area contributed by atoms with E-state index < -0.39 is 11.7 Å². The van der Waals surface area contributed by atoms with Crippen molar-refractivity contribution in [2.75, 3.05) is 0 Å². The third kappa shape index (κ3) is 1.89. The summed E-state index contributed by atoms with van der Waals surface area (Å²) in [5.74, 6) is -0.978. The van der Waals surface area contributed by atoms with Gasteiger partial charge in [-0.1, -0.05) is 0 Å². The van der Waals surface area contributed by atoms with E-state index in [1.165, 1.54) is 23.0 Å². The number of hydrogen-bond donors (Lipinski definition) is 1. The number of carboxylic acids is 1. The third-order valence-corrected chi connectivity index (χ3v) is 3.39. The lowest BCUT2D eigenvalue weighted by molar-refractivity contribution is -0.137. The van der Waals surface area contributed by atoms with E-state index in [0.717, 1.165) is 4.57 Å². The van der Waals surface area contributed by atoms with Gasteiger partial charge in [0.05, 0.1) is 11.9 Å². The predicted molar refractivity (Wildman–Crippen MR) is 63.6 cm³/mol. The first-order valence-corrected chi connectivity index (χ1v) is 5.79. The van der Waals surface area contributed by atoms with Gasteiger partial charge in [0.15, 0.2) is 0 Å². The zero-order valence-corrected chi connectivity index (χ0v) is 9.86. The second-order valence-electron chi connectivity index (χ2n) is 3.58. The average molecular weight is 254 g/mol. The molecule has 0 aliphatic rings. The lowest BCUT2D eigenvalue weighted by atomic mass is 10.4. The van der Waals surface area contributed by atoms with E-state index in [4.69, 9.17) is 5.11 Å². The number of hydrogen-bond acceptors (Lipinski definition) is 4. The highest BCUT2D eigenvalue weighted by Crippen LogP contribution is 2.15. The summed E-state index contributed by atoms with van der Waals surface area (Å²) in [7, 11) is 1.39. The van der Waals surface area contributed by atoms with Crippen LogP contribution < -0.4 is 11.2 Å². The molecule has 0 atom stereocenters. The molecule has 0 bridgehead atoms. The van der Waals surface area contributed by atoms with Gasteiger partial charge < -0.3 is 5.11 Å². The van der Waals surface area contributed by atoms with Crippen LogP contribution in [-0.2, 0) is 18.4 Å². The normalized spacial score (nSPS) is 10.9. The van der Waals surface area contributed by atoms with Crippen molar-refractivity contribution in [3.63, 3.8) is 0 Å². The van der Waals surface area contributed by atoms with Gasteiger partial charge in [-0.2, -0.15) is 0 Å². The van der Waals surface area contributed by atoms with E-state index in [-0.39, 0.29) is 18.5 Å². The second kappa shape index (κ2) is 4.17. The first kappa shape index (κ1) is 11.6. The van der Waals surface area contributed by atoms with Gasteiger partial charge in [0, 0.05) is 13.6 Å². The van der Waals surface area contributed by atoms with E-state index in [0.29, 0.717) is 10.2 Å². The number of aliphatic carboxylic acids is 1. The molecule has 1 N–H and O–H groups in total. The van der Waals surface area contributed by atoms with Crippen molar-refractivity contribution in [1.82, 2.24) is 9.13 Å². The zero-order chi connectivity index (χ0) is 12.6. The minimum atomic E-state index is -0.978. The molecule has 2 aromatic heterocycles. The maximum absolute atomic E-state index is 11.9. The SMILES string of the molecule is Cn1c(=O)c2sccc2n(CCC(=O)O)c1=O. The van der Waals surface area contributed by atoms with Crippen LogP contribution in [0, 0.1) is 0 Å². The molecule has 0 amide bonds. The molecule has 0 spiro atoms. The molecular weight excluding hydrogens is 244 g/mol. The van der Waals surface area contributed by atoms with Crippen molar-refractivity contribution < 1.29 is 9.90 Å². The highest BCUT2D eigenvalue weighted by Gasteiger charge is 2.12. The molecule has 2 rings (SSSR count). The van der Waals surface area contributed by atoms with Crippen LogP contribution in [0.3, 0.4) is 0 Å². The summed E-state index contributed by atoms with van der Waals surface area (Å²) in [5, 5.41) is 10.3. The van der Waals surface area contributed by atoms with Crippen molar-refractivity contribution in [2.45, 2.75) is 13.0 Å². The first-order valence-electron chi connectivity index (χ1n) is 4.91. The predicted octanol–water partition coefficient (Wildman–Crippen LogP) is 0.236. The highest BCUT2D eigenvalue weighted by atomic mass is 32.1. The minimum Gasteiger partial charge on any atom is -0.481 e. The smallest absolute Gasteiger partial charge is 0.331 e. The number of nitrogens with zero attached hydrogens (tertiary/aromatic N) is 2. The summed E-state index contributed by atoms with van der Waals surface area (Å²) < 4.78 is 2.79. The van der Waals surface area contributed by atoms with Crippen molar-refractivity contribution >= 4 is 27.5 Å². The topological polar surface area (TPSA) is 81.3 Å². The molecule has 0 unspecified atom stereocenters. The Balaban J connectivity index is 2.69. The van der Waals surface area contributed by atoms with Crippen LogP contribution in [0.4, 0.5) is 0 Å². The van der Waals surface area contributed by atoms with E-state index in [1.807, 2.05) is 0 Å². The summed E-state index contributed by atoms with van der Waals surface area (Å²) >= 11 is 1.24. The molecule has 0 aliphatic heterocycles. The summed E-state index contributed by atoms with van der Waals surface area (Å²) in [6.45, 7) is 0.0650. The molecule has 7 heteroatoms. The van der Waals surface area contributed by atoms with Gasteiger partial charge in [0.2, 0.25) is 0 Å². The number of carboxylic acid groups (broad SMARTS) is 1. The number of aromatic nitrogens is 2. The van der Waals surface area contributed by atoms with E-state index in [9.17, 15) is 14.4 Å². The second-order valence-corrected chi connectivity index (χ2v) is 4.49. The molecule has 6 nitrogen and oxygen atoms in total. The number of carbonyl (C=O) groups is 1. The molecule has 0 fully saturated rings. The standard InChI is InChI=1S/C10H10N2O4S/c1-11-9(15)8-6(3-5-17-8)12(10(11)16)4-2-7(13)14/h3,5H,2,4H2,1H3,(H,13,14). The van der Waals surface area contributed by atoms with Gasteiger partial charge in [-0.15, -0.1) is 11.3 Å². The minimum absolute atomic E-state index is 0.0650. The molecule has 2 aromatic rings. The van der Waals surface area contributed by atoms with Gasteiger partial charge in [-0.05, 0) is 11.4 Å². The Bertz CT molecular complexity index is 694. The monoisotopic (exact) mass is 254 g/mol. The van der Waals surface area contributed by atoms with Crippen molar-refractivity contribution in [1.29, 1.82) is 0 Å². The van der Waals surface area contributed by atoms with Crippen LogP contribution in [0.2, 0.25) is 0 Å². The molecule has 90 valence electrons. The molecule has 0 aromatic carbocycles. The van der Waals surface area contributed by atoms with Crippen LogP contribution >= 0.6 is 11.3 Å². The molecule has 0 saturated heterocycles. The Hall–Kier alpha value is -1.89. The summed E-state index contributed by atoms with van der Waals surface area (Å²) in [6, 6.07) is 1.66. The fourth-order valence-electron chi connectivity index (χ4n) is 1.62. The Kier molecular flexibility index (Phi) is 2.84. The molecule has 0 radical (unpaired) electrons. The van der Waals surface area contributed by atoms with E-state index in [2.05, 4.69) is 0 Å². The fourth-order valence-corrected chi connectivity index (χ4v) is 2.49.